The zero-order chi connectivity index (χ0) is 19.2. The number of amides is 1. The van der Waals surface area contributed by atoms with Gasteiger partial charge in [-0.05, 0) is 61.2 Å². The highest BCUT2D eigenvalue weighted by atomic mass is 32.2. The van der Waals surface area contributed by atoms with E-state index in [0.29, 0.717) is 23.5 Å². The molecule has 0 unspecified atom stereocenters. The molecule has 146 valence electrons. The van der Waals surface area contributed by atoms with Gasteiger partial charge in [-0.1, -0.05) is 13.8 Å². The summed E-state index contributed by atoms with van der Waals surface area (Å²) in [7, 11) is 0. The lowest BCUT2D eigenvalue weighted by atomic mass is 9.87. The standard InChI is InChI=1S/C20H28N4O2S/c1-3-8-27-9-4-7-21-18(25)12-24-13-22-19-16(20(24)26)11-15-10-14(2)5-6-17(15)23-19/h11,13-14H,3-10,12H2,1-2H3,(H,21,25)/t14-/m0/s1. The number of hydrogen-bond acceptors (Lipinski definition) is 5. The van der Waals surface area contributed by atoms with Gasteiger partial charge in [0.05, 0.1) is 5.39 Å². The minimum Gasteiger partial charge on any atom is -0.355 e. The molecule has 2 aromatic heterocycles. The third-order valence-electron chi connectivity index (χ3n) is 4.87. The number of aromatic nitrogens is 3. The lowest BCUT2D eigenvalue weighted by Crippen LogP contribution is -2.33. The molecular weight excluding hydrogens is 360 g/mol. The smallest absolute Gasteiger partial charge is 0.263 e. The fourth-order valence-electron chi connectivity index (χ4n) is 3.39. The van der Waals surface area contributed by atoms with Gasteiger partial charge in [-0.25, -0.2) is 9.97 Å². The van der Waals surface area contributed by atoms with Crippen LogP contribution in [-0.4, -0.2) is 38.5 Å². The fourth-order valence-corrected chi connectivity index (χ4v) is 4.24. The van der Waals surface area contributed by atoms with Crippen molar-refractivity contribution in [1.29, 1.82) is 0 Å². The maximum absolute atomic E-state index is 12.8. The molecule has 27 heavy (non-hydrogen) atoms. The van der Waals surface area contributed by atoms with Gasteiger partial charge in [0.1, 0.15) is 12.9 Å². The highest BCUT2D eigenvalue weighted by Gasteiger charge is 2.19. The van der Waals surface area contributed by atoms with E-state index in [0.717, 1.165) is 48.4 Å². The number of pyridine rings is 1. The third-order valence-corrected chi connectivity index (χ3v) is 6.15. The maximum atomic E-state index is 12.8. The summed E-state index contributed by atoms with van der Waals surface area (Å²) >= 11 is 1.90. The molecular formula is C20H28N4O2S. The molecule has 6 nitrogen and oxygen atoms in total. The van der Waals surface area contributed by atoms with Crippen molar-refractivity contribution in [3.63, 3.8) is 0 Å². The zero-order valence-corrected chi connectivity index (χ0v) is 17.0. The average molecular weight is 389 g/mol. The molecule has 1 aliphatic carbocycles. The topological polar surface area (TPSA) is 76.9 Å². The summed E-state index contributed by atoms with van der Waals surface area (Å²) in [6, 6.07) is 1.93. The van der Waals surface area contributed by atoms with E-state index in [-0.39, 0.29) is 18.0 Å². The minimum absolute atomic E-state index is 0.00262. The molecule has 1 atom stereocenters. The number of nitrogens with one attached hydrogen (secondary N) is 1. The Morgan fingerprint density at radius 1 is 1.41 bits per heavy atom. The summed E-state index contributed by atoms with van der Waals surface area (Å²) in [5, 5.41) is 3.39. The zero-order valence-electron chi connectivity index (χ0n) is 16.2. The normalized spacial score (nSPS) is 16.3. The van der Waals surface area contributed by atoms with E-state index in [2.05, 4.69) is 29.1 Å². The first-order valence-corrected chi connectivity index (χ1v) is 11.0. The summed E-state index contributed by atoms with van der Waals surface area (Å²) in [6.07, 6.45) is 6.56. The van der Waals surface area contributed by atoms with Gasteiger partial charge in [0.15, 0.2) is 5.65 Å². The molecule has 1 amide bonds. The Labute approximate surface area is 164 Å². The molecule has 1 N–H and O–H groups in total. The summed E-state index contributed by atoms with van der Waals surface area (Å²) in [5.41, 5.74) is 2.50. The van der Waals surface area contributed by atoms with Crippen molar-refractivity contribution in [2.24, 2.45) is 5.92 Å². The average Bonchev–Trinajstić information content (AvgIpc) is 2.66. The Hall–Kier alpha value is -1.89. The first kappa shape index (κ1) is 19.9. The van der Waals surface area contributed by atoms with Gasteiger partial charge in [0.25, 0.3) is 5.56 Å². The predicted molar refractivity (Wildman–Crippen MR) is 110 cm³/mol. The number of aryl methyl sites for hydroxylation is 1. The van der Waals surface area contributed by atoms with Crippen LogP contribution in [0.1, 0.15) is 44.4 Å². The van der Waals surface area contributed by atoms with Gasteiger partial charge in [-0.15, -0.1) is 0 Å². The summed E-state index contributed by atoms with van der Waals surface area (Å²) in [5.74, 6) is 2.65. The molecule has 0 saturated heterocycles. The van der Waals surface area contributed by atoms with Gasteiger partial charge in [-0.3, -0.25) is 14.2 Å². The molecule has 1 aliphatic rings. The predicted octanol–water partition coefficient (Wildman–Crippen LogP) is 2.57. The lowest BCUT2D eigenvalue weighted by molar-refractivity contribution is -0.121. The minimum atomic E-state index is -0.192. The molecule has 0 radical (unpaired) electrons. The van der Waals surface area contributed by atoms with Crippen molar-refractivity contribution in [2.45, 2.75) is 52.5 Å². The fraction of sp³-hybridized carbons (Fsp3) is 0.600. The molecule has 2 heterocycles. The van der Waals surface area contributed by atoms with E-state index in [1.54, 1.807) is 0 Å². The SMILES string of the molecule is CCCSCCCNC(=O)Cn1cnc2nc3c(cc2c1=O)C[C@@H](C)CC3. The van der Waals surface area contributed by atoms with Crippen molar-refractivity contribution in [3.8, 4) is 0 Å². The van der Waals surface area contributed by atoms with E-state index in [4.69, 9.17) is 0 Å². The molecule has 0 spiro atoms. The Kier molecular flexibility index (Phi) is 6.88. The number of rotatable bonds is 8. The highest BCUT2D eigenvalue weighted by molar-refractivity contribution is 7.99. The van der Waals surface area contributed by atoms with Gasteiger partial charge in [0.2, 0.25) is 5.91 Å². The number of nitrogens with zero attached hydrogens (tertiary/aromatic N) is 3. The van der Waals surface area contributed by atoms with E-state index in [1.807, 2.05) is 17.8 Å². The first-order valence-electron chi connectivity index (χ1n) is 9.81. The van der Waals surface area contributed by atoms with Crippen LogP contribution in [0.2, 0.25) is 0 Å². The Balaban J connectivity index is 1.66. The lowest BCUT2D eigenvalue weighted by Gasteiger charge is -2.20. The van der Waals surface area contributed by atoms with E-state index in [9.17, 15) is 9.59 Å². The van der Waals surface area contributed by atoms with Crippen LogP contribution >= 0.6 is 11.8 Å². The largest absolute Gasteiger partial charge is 0.355 e. The van der Waals surface area contributed by atoms with Crippen LogP contribution in [0.4, 0.5) is 0 Å². The number of hydrogen-bond donors (Lipinski definition) is 1. The summed E-state index contributed by atoms with van der Waals surface area (Å²) in [4.78, 5) is 33.8. The van der Waals surface area contributed by atoms with Crippen molar-refractivity contribution < 1.29 is 4.79 Å². The second-order valence-corrected chi connectivity index (χ2v) is 8.53. The van der Waals surface area contributed by atoms with Crippen LogP contribution in [0.25, 0.3) is 11.0 Å². The van der Waals surface area contributed by atoms with E-state index >= 15 is 0 Å². The van der Waals surface area contributed by atoms with Crippen molar-refractivity contribution >= 4 is 28.7 Å². The molecule has 0 aliphatic heterocycles. The number of carbonyl (C=O) groups is 1. The number of carbonyl (C=O) groups excluding carboxylic acids is 1. The van der Waals surface area contributed by atoms with Crippen LogP contribution in [0.3, 0.4) is 0 Å². The second-order valence-electron chi connectivity index (χ2n) is 7.31. The number of fused-ring (bicyclic) bond motifs is 2. The second kappa shape index (κ2) is 9.35. The van der Waals surface area contributed by atoms with E-state index in [1.165, 1.54) is 17.3 Å². The monoisotopic (exact) mass is 388 g/mol. The number of thioether (sulfide) groups is 1. The van der Waals surface area contributed by atoms with Crippen LogP contribution in [-0.2, 0) is 24.2 Å². The summed E-state index contributed by atoms with van der Waals surface area (Å²) < 4.78 is 1.38. The van der Waals surface area contributed by atoms with Crippen LogP contribution in [0.5, 0.6) is 0 Å². The van der Waals surface area contributed by atoms with Crippen molar-refractivity contribution in [1.82, 2.24) is 19.9 Å². The van der Waals surface area contributed by atoms with Crippen LogP contribution < -0.4 is 10.9 Å². The first-order chi connectivity index (χ1) is 13.1. The van der Waals surface area contributed by atoms with Gasteiger partial charge in [-0.2, -0.15) is 11.8 Å². The molecule has 0 fully saturated rings. The molecule has 7 heteroatoms. The Morgan fingerprint density at radius 2 is 2.26 bits per heavy atom. The Bertz CT molecular complexity index is 865. The Morgan fingerprint density at radius 3 is 3.07 bits per heavy atom. The van der Waals surface area contributed by atoms with Crippen LogP contribution in [0, 0.1) is 5.92 Å². The molecule has 3 rings (SSSR count). The molecule has 0 aromatic carbocycles. The van der Waals surface area contributed by atoms with Crippen molar-refractivity contribution in [3.05, 3.63) is 34.0 Å². The van der Waals surface area contributed by atoms with Gasteiger partial charge >= 0.3 is 0 Å². The van der Waals surface area contributed by atoms with Gasteiger partial charge in [0, 0.05) is 12.2 Å². The highest BCUT2D eigenvalue weighted by Crippen LogP contribution is 2.25. The maximum Gasteiger partial charge on any atom is 0.263 e. The van der Waals surface area contributed by atoms with Gasteiger partial charge < -0.3 is 5.32 Å². The quantitative estimate of drug-likeness (QED) is 0.704. The molecule has 0 saturated carbocycles. The third kappa shape index (κ3) is 5.09. The van der Waals surface area contributed by atoms with Crippen molar-refractivity contribution in [2.75, 3.05) is 18.1 Å². The summed E-state index contributed by atoms with van der Waals surface area (Å²) in [6.45, 7) is 5.02. The molecule has 0 bridgehead atoms. The molecule has 2 aromatic rings. The van der Waals surface area contributed by atoms with Crippen LogP contribution in [0.15, 0.2) is 17.2 Å². The van der Waals surface area contributed by atoms with E-state index < -0.39 is 0 Å².